The fourth-order valence-electron chi connectivity index (χ4n) is 0.793. The molecule has 1 rings (SSSR count). The Bertz CT molecular complexity index is 269. The van der Waals surface area contributed by atoms with Crippen LogP contribution in [-0.4, -0.2) is 23.4 Å². The molecule has 0 aliphatic carbocycles. The highest BCUT2D eigenvalue weighted by Crippen LogP contribution is 2.00. The van der Waals surface area contributed by atoms with Crippen LogP contribution in [0.2, 0.25) is 0 Å². The maximum absolute atomic E-state index is 10.7. The monoisotopic (exact) mass is 169 g/mol. The minimum Gasteiger partial charge on any atom is -0.453 e. The molecule has 0 aliphatic heterocycles. The second kappa shape index (κ2) is 3.75. The van der Waals surface area contributed by atoms with Gasteiger partial charge in [0.1, 0.15) is 0 Å². The van der Waals surface area contributed by atoms with Crippen molar-refractivity contribution in [3.63, 3.8) is 0 Å². The number of nitrogens with zero attached hydrogens (tertiary/aromatic N) is 1. The van der Waals surface area contributed by atoms with E-state index in [1.54, 1.807) is 6.20 Å². The molecule has 1 heterocycles. The molecule has 2 N–H and O–H groups in total. The van der Waals surface area contributed by atoms with E-state index < -0.39 is 6.09 Å². The number of hydrogen-bond donors (Lipinski definition) is 2. The lowest BCUT2D eigenvalue weighted by atomic mass is 10.3. The number of aryl methyl sites for hydroxylation is 1. The molecule has 0 saturated carbocycles. The molecule has 1 aromatic rings. The number of methoxy groups -OCH3 is 1. The molecule has 1 aromatic heterocycles. The van der Waals surface area contributed by atoms with E-state index in [1.807, 2.05) is 6.92 Å². The Morgan fingerprint density at radius 2 is 2.58 bits per heavy atom. The molecule has 0 spiro atoms. The molecule has 0 aromatic carbocycles. The van der Waals surface area contributed by atoms with Gasteiger partial charge in [-0.15, -0.1) is 0 Å². The highest BCUT2D eigenvalue weighted by Gasteiger charge is 2.02. The standard InChI is InChI=1S/C7H11N3O2/c1-5-6(4-9-10-5)3-8-7(11)12-2/h4H,3H2,1-2H3,(H,8,11)(H,9,10). The summed E-state index contributed by atoms with van der Waals surface area (Å²) < 4.78 is 4.41. The van der Waals surface area contributed by atoms with Gasteiger partial charge in [-0.25, -0.2) is 4.79 Å². The molecule has 0 radical (unpaired) electrons. The van der Waals surface area contributed by atoms with Gasteiger partial charge in [-0.1, -0.05) is 0 Å². The number of aromatic amines is 1. The van der Waals surface area contributed by atoms with Gasteiger partial charge in [-0.05, 0) is 6.92 Å². The van der Waals surface area contributed by atoms with Crippen molar-refractivity contribution in [2.24, 2.45) is 0 Å². The smallest absolute Gasteiger partial charge is 0.407 e. The molecule has 66 valence electrons. The first-order valence-electron chi connectivity index (χ1n) is 3.54. The second-order valence-electron chi connectivity index (χ2n) is 2.37. The van der Waals surface area contributed by atoms with Crippen LogP contribution in [0.4, 0.5) is 4.79 Å². The Kier molecular flexibility index (Phi) is 2.68. The first-order chi connectivity index (χ1) is 5.74. The topological polar surface area (TPSA) is 67.0 Å². The highest BCUT2D eigenvalue weighted by molar-refractivity contribution is 5.66. The summed E-state index contributed by atoms with van der Waals surface area (Å²) in [5.74, 6) is 0. The van der Waals surface area contributed by atoms with Gasteiger partial charge < -0.3 is 10.1 Å². The van der Waals surface area contributed by atoms with Crippen molar-refractivity contribution < 1.29 is 9.53 Å². The fraction of sp³-hybridized carbons (Fsp3) is 0.429. The Morgan fingerprint density at radius 3 is 3.08 bits per heavy atom. The minimum atomic E-state index is -0.435. The minimum absolute atomic E-state index is 0.435. The molecule has 5 heteroatoms. The fourth-order valence-corrected chi connectivity index (χ4v) is 0.793. The average Bonchev–Trinajstić information content (AvgIpc) is 2.47. The lowest BCUT2D eigenvalue weighted by molar-refractivity contribution is 0.170. The predicted molar refractivity (Wildman–Crippen MR) is 42.6 cm³/mol. The molecular weight excluding hydrogens is 158 g/mol. The number of aromatic nitrogens is 2. The third-order valence-electron chi connectivity index (χ3n) is 1.54. The van der Waals surface area contributed by atoms with E-state index in [-0.39, 0.29) is 0 Å². The van der Waals surface area contributed by atoms with Crippen molar-refractivity contribution in [1.82, 2.24) is 15.5 Å². The third-order valence-corrected chi connectivity index (χ3v) is 1.54. The number of alkyl carbamates (subject to hydrolysis) is 1. The van der Waals surface area contributed by atoms with Gasteiger partial charge in [0.05, 0.1) is 13.3 Å². The van der Waals surface area contributed by atoms with E-state index in [4.69, 9.17) is 0 Å². The van der Waals surface area contributed by atoms with Crippen molar-refractivity contribution in [3.8, 4) is 0 Å². The quantitative estimate of drug-likeness (QED) is 0.680. The third kappa shape index (κ3) is 1.98. The van der Waals surface area contributed by atoms with Crippen molar-refractivity contribution in [1.29, 1.82) is 0 Å². The summed E-state index contributed by atoms with van der Waals surface area (Å²) >= 11 is 0. The number of carbonyl (C=O) groups is 1. The number of H-pyrrole nitrogens is 1. The summed E-state index contributed by atoms with van der Waals surface area (Å²) in [5, 5.41) is 9.13. The van der Waals surface area contributed by atoms with Crippen LogP contribution in [0.3, 0.4) is 0 Å². The van der Waals surface area contributed by atoms with Gasteiger partial charge in [0.25, 0.3) is 0 Å². The van der Waals surface area contributed by atoms with Gasteiger partial charge in [-0.2, -0.15) is 5.10 Å². The SMILES string of the molecule is COC(=O)NCc1cn[nH]c1C. The largest absolute Gasteiger partial charge is 0.453 e. The summed E-state index contributed by atoms with van der Waals surface area (Å²) in [6.07, 6.45) is 1.24. The van der Waals surface area contributed by atoms with Crippen molar-refractivity contribution >= 4 is 6.09 Å². The lowest BCUT2D eigenvalue weighted by Gasteiger charge is -2.01. The summed E-state index contributed by atoms with van der Waals surface area (Å²) in [4.78, 5) is 10.7. The molecule has 1 amide bonds. The number of carbonyl (C=O) groups excluding carboxylic acids is 1. The molecule has 0 atom stereocenters. The zero-order valence-corrected chi connectivity index (χ0v) is 7.05. The molecule has 0 fully saturated rings. The van der Waals surface area contributed by atoms with Crippen LogP contribution in [-0.2, 0) is 11.3 Å². The van der Waals surface area contributed by atoms with Crippen LogP contribution >= 0.6 is 0 Å². The lowest BCUT2D eigenvalue weighted by Crippen LogP contribution is -2.22. The van der Waals surface area contributed by atoms with Crippen LogP contribution < -0.4 is 5.32 Å². The van der Waals surface area contributed by atoms with Crippen molar-refractivity contribution in [2.45, 2.75) is 13.5 Å². The predicted octanol–water partition coefficient (Wildman–Crippen LogP) is 0.574. The van der Waals surface area contributed by atoms with Gasteiger partial charge >= 0.3 is 6.09 Å². The van der Waals surface area contributed by atoms with Gasteiger partial charge in [-0.3, -0.25) is 5.10 Å². The Labute approximate surface area is 70.1 Å². The van der Waals surface area contributed by atoms with Gasteiger partial charge in [0.2, 0.25) is 0 Å². The van der Waals surface area contributed by atoms with E-state index in [2.05, 4.69) is 20.3 Å². The van der Waals surface area contributed by atoms with Gasteiger partial charge in [0, 0.05) is 17.8 Å². The van der Waals surface area contributed by atoms with E-state index in [1.165, 1.54) is 7.11 Å². The van der Waals surface area contributed by atoms with E-state index in [9.17, 15) is 4.79 Å². The van der Waals surface area contributed by atoms with Crippen molar-refractivity contribution in [3.05, 3.63) is 17.5 Å². The molecule has 5 nitrogen and oxygen atoms in total. The van der Waals surface area contributed by atoms with Crippen LogP contribution in [0.15, 0.2) is 6.20 Å². The Balaban J connectivity index is 2.43. The first kappa shape index (κ1) is 8.58. The highest BCUT2D eigenvalue weighted by atomic mass is 16.5. The van der Waals surface area contributed by atoms with Crippen LogP contribution in [0.25, 0.3) is 0 Å². The van der Waals surface area contributed by atoms with Crippen LogP contribution in [0, 0.1) is 6.92 Å². The summed E-state index contributed by atoms with van der Waals surface area (Å²) in [6.45, 7) is 2.33. The summed E-state index contributed by atoms with van der Waals surface area (Å²) in [5.41, 5.74) is 1.91. The maximum atomic E-state index is 10.7. The molecular formula is C7H11N3O2. The molecule has 0 saturated heterocycles. The molecule has 12 heavy (non-hydrogen) atoms. The van der Waals surface area contributed by atoms with E-state index in [0.717, 1.165) is 11.3 Å². The van der Waals surface area contributed by atoms with E-state index >= 15 is 0 Å². The number of amides is 1. The number of ether oxygens (including phenoxy) is 1. The summed E-state index contributed by atoms with van der Waals surface area (Å²) in [6, 6.07) is 0. The van der Waals surface area contributed by atoms with Gasteiger partial charge in [0.15, 0.2) is 0 Å². The zero-order chi connectivity index (χ0) is 8.97. The van der Waals surface area contributed by atoms with Crippen LogP contribution in [0.1, 0.15) is 11.3 Å². The zero-order valence-electron chi connectivity index (χ0n) is 7.05. The summed E-state index contributed by atoms with van der Waals surface area (Å²) in [7, 11) is 1.33. The molecule has 0 bridgehead atoms. The first-order valence-corrected chi connectivity index (χ1v) is 3.54. The normalized spacial score (nSPS) is 9.50. The average molecular weight is 169 g/mol. The second-order valence-corrected chi connectivity index (χ2v) is 2.37. The Hall–Kier alpha value is -1.52. The number of rotatable bonds is 2. The Morgan fingerprint density at radius 1 is 1.83 bits per heavy atom. The molecule has 0 aliphatic rings. The molecule has 0 unspecified atom stereocenters. The van der Waals surface area contributed by atoms with E-state index in [0.29, 0.717) is 6.54 Å². The number of nitrogens with one attached hydrogen (secondary N) is 2. The number of hydrogen-bond acceptors (Lipinski definition) is 3. The maximum Gasteiger partial charge on any atom is 0.407 e. The van der Waals surface area contributed by atoms with Crippen molar-refractivity contribution in [2.75, 3.05) is 7.11 Å². The van der Waals surface area contributed by atoms with Crippen LogP contribution in [0.5, 0.6) is 0 Å².